The normalized spacial score (nSPS) is 10.8. The molecule has 0 saturated carbocycles. The van der Waals surface area contributed by atoms with Crippen LogP contribution in [0.4, 0.5) is 0 Å². The van der Waals surface area contributed by atoms with E-state index in [9.17, 15) is 9.59 Å². The first-order chi connectivity index (χ1) is 16.0. The van der Waals surface area contributed by atoms with Gasteiger partial charge in [0.05, 0.1) is 24.8 Å². The summed E-state index contributed by atoms with van der Waals surface area (Å²) in [6, 6.07) is 22.1. The third kappa shape index (κ3) is 4.46. The van der Waals surface area contributed by atoms with Gasteiger partial charge in [0.25, 0.3) is 0 Å². The molecule has 0 fully saturated rings. The first-order valence-corrected chi connectivity index (χ1v) is 10.7. The summed E-state index contributed by atoms with van der Waals surface area (Å²) in [5, 5.41) is 0.693. The Kier molecular flexibility index (Phi) is 6.45. The number of hydrogen-bond donors (Lipinski definition) is 0. The van der Waals surface area contributed by atoms with E-state index in [4.69, 9.17) is 14.2 Å². The predicted molar refractivity (Wildman–Crippen MR) is 127 cm³/mol. The molecule has 1 heterocycles. The van der Waals surface area contributed by atoms with E-state index in [-0.39, 0.29) is 19.0 Å². The molecule has 0 bridgehead atoms. The molecule has 0 aliphatic heterocycles. The quantitative estimate of drug-likeness (QED) is 0.270. The van der Waals surface area contributed by atoms with Crippen LogP contribution in [0, 0.1) is 6.92 Å². The molecular formula is C27H25NO5. The van der Waals surface area contributed by atoms with Crippen molar-refractivity contribution in [2.24, 2.45) is 0 Å². The lowest BCUT2D eigenvalue weighted by Crippen LogP contribution is -2.11. The van der Waals surface area contributed by atoms with Gasteiger partial charge in [-0.15, -0.1) is 0 Å². The number of ether oxygens (including phenoxy) is 3. The number of nitrogens with zero attached hydrogens (tertiary/aromatic N) is 1. The summed E-state index contributed by atoms with van der Waals surface area (Å²) >= 11 is 0. The van der Waals surface area contributed by atoms with Gasteiger partial charge >= 0.3 is 5.97 Å². The minimum Gasteiger partial charge on any atom is -0.497 e. The van der Waals surface area contributed by atoms with Gasteiger partial charge in [0.2, 0.25) is 0 Å². The maximum atomic E-state index is 12.9. The molecule has 0 saturated heterocycles. The Morgan fingerprint density at radius 1 is 0.909 bits per heavy atom. The van der Waals surface area contributed by atoms with Crippen LogP contribution in [0.15, 0.2) is 72.8 Å². The van der Waals surface area contributed by atoms with E-state index in [2.05, 4.69) is 0 Å². The van der Waals surface area contributed by atoms with Gasteiger partial charge in [0.15, 0.2) is 12.4 Å². The Bertz CT molecular complexity index is 1310. The third-order valence-corrected chi connectivity index (χ3v) is 5.43. The van der Waals surface area contributed by atoms with E-state index < -0.39 is 5.97 Å². The lowest BCUT2D eigenvalue weighted by molar-refractivity contribution is 0.0527. The van der Waals surface area contributed by atoms with Crippen molar-refractivity contribution in [3.05, 3.63) is 89.6 Å². The number of aromatic nitrogens is 1. The number of esters is 1. The summed E-state index contributed by atoms with van der Waals surface area (Å²) in [5.74, 6) is 0.691. The van der Waals surface area contributed by atoms with Gasteiger partial charge in [-0.2, -0.15) is 0 Å². The molecule has 168 valence electrons. The summed E-state index contributed by atoms with van der Waals surface area (Å²) in [6.07, 6.45) is 0. The van der Waals surface area contributed by atoms with E-state index >= 15 is 0 Å². The summed E-state index contributed by atoms with van der Waals surface area (Å²) < 4.78 is 18.5. The van der Waals surface area contributed by atoms with Gasteiger partial charge in [-0.1, -0.05) is 36.4 Å². The van der Waals surface area contributed by atoms with E-state index in [0.29, 0.717) is 28.0 Å². The number of methoxy groups -OCH3 is 1. The van der Waals surface area contributed by atoms with Crippen molar-refractivity contribution in [3.8, 4) is 17.2 Å². The number of benzene rings is 3. The van der Waals surface area contributed by atoms with Gasteiger partial charge in [0, 0.05) is 28.4 Å². The van der Waals surface area contributed by atoms with Gasteiger partial charge in [-0.05, 0) is 44.2 Å². The lowest BCUT2D eigenvalue weighted by atomic mass is 10.1. The SMILES string of the molecule is CCOC(=O)c1c(C)n(-c2cccc(OC)c2)c2ccc(OCC(=O)c3ccccc3)cc12. The fourth-order valence-corrected chi connectivity index (χ4v) is 3.89. The molecule has 4 aromatic rings. The van der Waals surface area contributed by atoms with Gasteiger partial charge in [-0.3, -0.25) is 4.79 Å². The van der Waals surface area contributed by atoms with Crippen LogP contribution in [0.1, 0.15) is 33.3 Å². The molecule has 6 heteroatoms. The number of carbonyl (C=O) groups excluding carboxylic acids is 2. The molecule has 3 aromatic carbocycles. The minimum atomic E-state index is -0.404. The van der Waals surface area contributed by atoms with Crippen molar-refractivity contribution in [2.75, 3.05) is 20.3 Å². The monoisotopic (exact) mass is 443 g/mol. The first-order valence-electron chi connectivity index (χ1n) is 10.7. The van der Waals surface area contributed by atoms with Crippen LogP contribution in [0.25, 0.3) is 16.6 Å². The molecular weight excluding hydrogens is 418 g/mol. The average molecular weight is 443 g/mol. The number of rotatable bonds is 8. The molecule has 0 aliphatic rings. The van der Waals surface area contributed by atoms with Crippen molar-refractivity contribution >= 4 is 22.7 Å². The molecule has 0 unspecified atom stereocenters. The zero-order chi connectivity index (χ0) is 23.4. The van der Waals surface area contributed by atoms with Crippen LogP contribution in [-0.2, 0) is 4.74 Å². The maximum Gasteiger partial charge on any atom is 0.340 e. The minimum absolute atomic E-state index is 0.0974. The van der Waals surface area contributed by atoms with E-state index in [1.807, 2.05) is 60.0 Å². The van der Waals surface area contributed by atoms with Gasteiger partial charge in [0.1, 0.15) is 11.5 Å². The number of hydrogen-bond acceptors (Lipinski definition) is 5. The van der Waals surface area contributed by atoms with Crippen molar-refractivity contribution in [1.82, 2.24) is 4.57 Å². The van der Waals surface area contributed by atoms with Crippen molar-refractivity contribution in [3.63, 3.8) is 0 Å². The summed E-state index contributed by atoms with van der Waals surface area (Å²) in [6.45, 7) is 3.83. The number of Topliss-reactive ketones (excluding diaryl/α,β-unsaturated/α-hetero) is 1. The molecule has 33 heavy (non-hydrogen) atoms. The highest BCUT2D eigenvalue weighted by molar-refractivity contribution is 6.07. The Morgan fingerprint density at radius 3 is 2.42 bits per heavy atom. The molecule has 0 amide bonds. The molecule has 4 rings (SSSR count). The molecule has 0 spiro atoms. The lowest BCUT2D eigenvalue weighted by Gasteiger charge is -2.11. The fraction of sp³-hybridized carbons (Fsp3) is 0.185. The third-order valence-electron chi connectivity index (χ3n) is 5.43. The summed E-state index contributed by atoms with van der Waals surface area (Å²) in [7, 11) is 1.62. The van der Waals surface area contributed by atoms with Crippen LogP contribution in [0.3, 0.4) is 0 Å². The van der Waals surface area contributed by atoms with Crippen LogP contribution < -0.4 is 9.47 Å². The first kappa shape index (κ1) is 22.1. The molecule has 0 radical (unpaired) electrons. The summed E-state index contributed by atoms with van der Waals surface area (Å²) in [5.41, 5.74) is 3.49. The second-order valence-electron chi connectivity index (χ2n) is 7.47. The molecule has 1 aromatic heterocycles. The average Bonchev–Trinajstić information content (AvgIpc) is 3.14. The van der Waals surface area contributed by atoms with Gasteiger partial charge in [-0.25, -0.2) is 4.79 Å². The topological polar surface area (TPSA) is 66.8 Å². The Hall–Kier alpha value is -4.06. The smallest absolute Gasteiger partial charge is 0.340 e. The highest BCUT2D eigenvalue weighted by Gasteiger charge is 2.23. The van der Waals surface area contributed by atoms with E-state index in [0.717, 1.165) is 16.9 Å². The number of carbonyl (C=O) groups is 2. The van der Waals surface area contributed by atoms with Crippen molar-refractivity contribution in [1.29, 1.82) is 0 Å². The van der Waals surface area contributed by atoms with E-state index in [1.165, 1.54) is 0 Å². The predicted octanol–water partition coefficient (Wildman–Crippen LogP) is 5.39. The van der Waals surface area contributed by atoms with Crippen molar-refractivity contribution < 1.29 is 23.8 Å². The van der Waals surface area contributed by atoms with Crippen LogP contribution in [0.5, 0.6) is 11.5 Å². The maximum absolute atomic E-state index is 12.9. The second-order valence-corrected chi connectivity index (χ2v) is 7.47. The molecule has 0 atom stereocenters. The summed E-state index contributed by atoms with van der Waals surface area (Å²) in [4.78, 5) is 25.3. The van der Waals surface area contributed by atoms with Crippen molar-refractivity contribution in [2.45, 2.75) is 13.8 Å². The van der Waals surface area contributed by atoms with Crippen LogP contribution >= 0.6 is 0 Å². The standard InChI is InChI=1S/C27H25NO5/c1-4-32-27(30)26-18(2)28(20-11-8-12-21(15-20)31-3)24-14-13-22(16-23(24)26)33-17-25(29)19-9-6-5-7-10-19/h5-16H,4,17H2,1-3H3. The number of fused-ring (bicyclic) bond motifs is 1. The second kappa shape index (κ2) is 9.61. The highest BCUT2D eigenvalue weighted by atomic mass is 16.5. The molecule has 6 nitrogen and oxygen atoms in total. The zero-order valence-corrected chi connectivity index (χ0v) is 18.8. The van der Waals surface area contributed by atoms with Gasteiger partial charge < -0.3 is 18.8 Å². The Morgan fingerprint density at radius 2 is 1.70 bits per heavy atom. The van der Waals surface area contributed by atoms with E-state index in [1.54, 1.807) is 38.3 Å². The Labute approximate surface area is 192 Å². The molecule has 0 N–H and O–H groups in total. The van der Waals surface area contributed by atoms with Crippen LogP contribution in [-0.4, -0.2) is 36.6 Å². The largest absolute Gasteiger partial charge is 0.497 e. The Balaban J connectivity index is 1.75. The van der Waals surface area contributed by atoms with Crippen LogP contribution in [0.2, 0.25) is 0 Å². The zero-order valence-electron chi connectivity index (χ0n) is 18.8. The fourth-order valence-electron chi connectivity index (χ4n) is 3.89. The number of ketones is 1. The highest BCUT2D eigenvalue weighted by Crippen LogP contribution is 2.33. The molecule has 0 aliphatic carbocycles.